The van der Waals surface area contributed by atoms with Gasteiger partial charge in [-0.2, -0.15) is 4.98 Å². The Bertz CT molecular complexity index is 331. The van der Waals surface area contributed by atoms with E-state index in [-0.39, 0.29) is 17.9 Å². The van der Waals surface area contributed by atoms with Gasteiger partial charge in [-0.3, -0.25) is 10.1 Å². The molecule has 0 bridgehead atoms. The van der Waals surface area contributed by atoms with Gasteiger partial charge in [0.25, 0.3) is 0 Å². The Hall–Kier alpha value is -1.11. The fraction of sp³-hybridized carbons (Fsp3) is 0.571. The largest absolute Gasteiger partial charge is 0.466 e. The molecular weight excluding hydrogens is 252 g/mol. The van der Waals surface area contributed by atoms with Gasteiger partial charge in [-0.1, -0.05) is 15.9 Å². The molecule has 0 spiro atoms. The normalized spacial score (nSPS) is 11.1. The molecule has 1 heterocycles. The molecule has 0 unspecified atom stereocenters. The van der Waals surface area contributed by atoms with E-state index in [1.165, 1.54) is 7.11 Å². The van der Waals surface area contributed by atoms with Crippen LogP contribution < -0.4 is 10.1 Å². The molecule has 0 aliphatic heterocycles. The summed E-state index contributed by atoms with van der Waals surface area (Å²) in [6, 6.07) is 0.188. The van der Waals surface area contributed by atoms with E-state index in [0.29, 0.717) is 0 Å². The second kappa shape index (κ2) is 3.95. The molecule has 2 N–H and O–H groups in total. The van der Waals surface area contributed by atoms with E-state index in [2.05, 4.69) is 36.4 Å². The van der Waals surface area contributed by atoms with E-state index in [1.807, 2.05) is 0 Å². The second-order valence-electron chi connectivity index (χ2n) is 3.10. The summed E-state index contributed by atoms with van der Waals surface area (Å²) < 4.78 is 4.10. The molecule has 0 radical (unpaired) electrons. The minimum atomic E-state index is -0.646. The Kier molecular flexibility index (Phi) is 3.10. The molecule has 0 aliphatic carbocycles. The lowest BCUT2D eigenvalue weighted by atomic mass is 10.2. The molecule has 0 fully saturated rings. The van der Waals surface area contributed by atoms with Crippen molar-refractivity contribution in [2.45, 2.75) is 18.2 Å². The van der Waals surface area contributed by atoms with E-state index in [0.717, 1.165) is 0 Å². The average Bonchev–Trinajstić information content (AvgIpc) is 2.50. The molecule has 0 saturated carbocycles. The number of alkyl halides is 1. The van der Waals surface area contributed by atoms with Crippen molar-refractivity contribution in [3.8, 4) is 6.01 Å². The third-order valence-corrected chi connectivity index (χ3v) is 1.78. The molecule has 0 aliphatic rings. The molecule has 7 heteroatoms. The lowest BCUT2D eigenvalue weighted by Crippen LogP contribution is -2.31. The zero-order valence-corrected chi connectivity index (χ0v) is 9.67. The first kappa shape index (κ1) is 11.0. The maximum absolute atomic E-state index is 11.4. The zero-order chi connectivity index (χ0) is 10.8. The third-order valence-electron chi connectivity index (χ3n) is 1.42. The number of carbonyl (C=O) groups is 1. The lowest BCUT2D eigenvalue weighted by molar-refractivity contribution is -0.117. The van der Waals surface area contributed by atoms with E-state index < -0.39 is 4.32 Å². The first-order chi connectivity index (χ1) is 6.43. The molecule has 6 nitrogen and oxygen atoms in total. The average molecular weight is 263 g/mol. The van der Waals surface area contributed by atoms with Crippen molar-refractivity contribution in [1.82, 2.24) is 15.2 Å². The number of nitrogens with zero attached hydrogens (tertiary/aromatic N) is 2. The van der Waals surface area contributed by atoms with Crippen molar-refractivity contribution in [2.75, 3.05) is 12.4 Å². The van der Waals surface area contributed by atoms with Crippen molar-refractivity contribution < 1.29 is 9.53 Å². The summed E-state index contributed by atoms with van der Waals surface area (Å²) >= 11 is 3.22. The summed E-state index contributed by atoms with van der Waals surface area (Å²) in [7, 11) is 1.45. The summed E-state index contributed by atoms with van der Waals surface area (Å²) in [5.74, 6) is 0.0516. The Morgan fingerprint density at radius 2 is 2.29 bits per heavy atom. The summed E-state index contributed by atoms with van der Waals surface area (Å²) in [5, 5.41) is 8.74. The maximum Gasteiger partial charge on any atom is 0.336 e. The summed E-state index contributed by atoms with van der Waals surface area (Å²) in [6.07, 6.45) is 0. The topological polar surface area (TPSA) is 79.9 Å². The van der Waals surface area contributed by atoms with Gasteiger partial charge in [-0.15, -0.1) is 5.10 Å². The molecule has 0 atom stereocenters. The molecule has 14 heavy (non-hydrogen) atoms. The Morgan fingerprint density at radius 3 is 2.71 bits per heavy atom. The van der Waals surface area contributed by atoms with E-state index in [9.17, 15) is 4.79 Å². The number of H-pyrrole nitrogens is 1. The number of amides is 1. The van der Waals surface area contributed by atoms with Crippen molar-refractivity contribution >= 4 is 27.8 Å². The quantitative estimate of drug-likeness (QED) is 0.795. The second-order valence-corrected chi connectivity index (χ2v) is 5.08. The van der Waals surface area contributed by atoms with Gasteiger partial charge in [-0.05, 0) is 13.8 Å². The molecule has 1 aromatic rings. The van der Waals surface area contributed by atoms with Crippen LogP contribution in [0.1, 0.15) is 13.8 Å². The van der Waals surface area contributed by atoms with Gasteiger partial charge in [0.2, 0.25) is 11.9 Å². The number of ether oxygens (including phenoxy) is 1. The smallest absolute Gasteiger partial charge is 0.336 e. The number of carbonyl (C=O) groups excluding carboxylic acids is 1. The number of aromatic nitrogens is 3. The molecule has 0 saturated heterocycles. The first-order valence-electron chi connectivity index (χ1n) is 3.90. The molecule has 1 rings (SSSR count). The van der Waals surface area contributed by atoms with Crippen LogP contribution >= 0.6 is 15.9 Å². The van der Waals surface area contributed by atoms with Crippen molar-refractivity contribution in [3.05, 3.63) is 0 Å². The van der Waals surface area contributed by atoms with Crippen LogP contribution in [0.5, 0.6) is 6.01 Å². The van der Waals surface area contributed by atoms with Gasteiger partial charge >= 0.3 is 6.01 Å². The number of halogens is 1. The van der Waals surface area contributed by atoms with Crippen LogP contribution in [0.3, 0.4) is 0 Å². The Labute approximate surface area is 89.6 Å². The standard InChI is InChI=1S/C7H11BrN4O2/c1-7(2,8)4(13)9-5-10-6(14-3)12-11-5/h1-3H3,(H2,9,10,11,12,13). The van der Waals surface area contributed by atoms with Crippen molar-refractivity contribution in [3.63, 3.8) is 0 Å². The molecule has 0 aromatic carbocycles. The van der Waals surface area contributed by atoms with Crippen LogP contribution in [0, 0.1) is 0 Å². The van der Waals surface area contributed by atoms with Crippen LogP contribution in [0.4, 0.5) is 5.95 Å². The number of aromatic amines is 1. The zero-order valence-electron chi connectivity index (χ0n) is 8.09. The third kappa shape index (κ3) is 2.69. The highest BCUT2D eigenvalue weighted by Gasteiger charge is 2.24. The lowest BCUT2D eigenvalue weighted by Gasteiger charge is -2.13. The van der Waals surface area contributed by atoms with Crippen molar-refractivity contribution in [1.29, 1.82) is 0 Å². The predicted octanol–water partition coefficient (Wildman–Crippen LogP) is 0.925. The molecule has 1 aromatic heterocycles. The molecule has 78 valence electrons. The first-order valence-corrected chi connectivity index (χ1v) is 4.69. The minimum Gasteiger partial charge on any atom is -0.466 e. The van der Waals surface area contributed by atoms with E-state index in [4.69, 9.17) is 4.74 Å². The van der Waals surface area contributed by atoms with Crippen molar-refractivity contribution in [2.24, 2.45) is 0 Å². The number of rotatable bonds is 3. The van der Waals surface area contributed by atoms with Gasteiger partial charge in [0.15, 0.2) is 0 Å². The number of anilines is 1. The van der Waals surface area contributed by atoms with Crippen LogP contribution in [-0.2, 0) is 4.79 Å². The molecular formula is C7H11BrN4O2. The van der Waals surface area contributed by atoms with E-state index >= 15 is 0 Å². The van der Waals surface area contributed by atoms with Gasteiger partial charge < -0.3 is 4.74 Å². The van der Waals surface area contributed by atoms with Gasteiger partial charge in [0, 0.05) is 0 Å². The predicted molar refractivity (Wildman–Crippen MR) is 54.6 cm³/mol. The van der Waals surface area contributed by atoms with Crippen LogP contribution in [-0.4, -0.2) is 32.5 Å². The van der Waals surface area contributed by atoms with E-state index in [1.54, 1.807) is 13.8 Å². The number of methoxy groups -OCH3 is 1. The number of hydrogen-bond acceptors (Lipinski definition) is 4. The van der Waals surface area contributed by atoms with Gasteiger partial charge in [0.05, 0.1) is 11.4 Å². The van der Waals surface area contributed by atoms with Gasteiger partial charge in [-0.25, -0.2) is 5.10 Å². The highest BCUT2D eigenvalue weighted by molar-refractivity contribution is 9.10. The Morgan fingerprint density at radius 1 is 1.64 bits per heavy atom. The SMILES string of the molecule is COc1n[nH]c(NC(=O)C(C)(C)Br)n1. The van der Waals surface area contributed by atoms with Crippen LogP contribution in [0.25, 0.3) is 0 Å². The van der Waals surface area contributed by atoms with Crippen LogP contribution in [0.15, 0.2) is 0 Å². The highest BCUT2D eigenvalue weighted by atomic mass is 79.9. The summed E-state index contributed by atoms with van der Waals surface area (Å²) in [6.45, 7) is 3.46. The summed E-state index contributed by atoms with van der Waals surface area (Å²) in [5.41, 5.74) is 0. The molecule has 1 amide bonds. The fourth-order valence-corrected chi connectivity index (χ4v) is 0.749. The fourth-order valence-electron chi connectivity index (χ4n) is 0.650. The minimum absolute atomic E-state index is 0.188. The van der Waals surface area contributed by atoms with Gasteiger partial charge in [0.1, 0.15) is 0 Å². The number of hydrogen-bond donors (Lipinski definition) is 2. The monoisotopic (exact) mass is 262 g/mol. The summed E-state index contributed by atoms with van der Waals surface area (Å²) in [4.78, 5) is 15.3. The Balaban J connectivity index is 2.65. The van der Waals surface area contributed by atoms with Crippen LogP contribution in [0.2, 0.25) is 0 Å². The highest BCUT2D eigenvalue weighted by Crippen LogP contribution is 2.17. The number of nitrogens with one attached hydrogen (secondary N) is 2. The maximum atomic E-state index is 11.4.